The minimum absolute atomic E-state index is 0.126. The Labute approximate surface area is 145 Å². The molecule has 1 saturated heterocycles. The van der Waals surface area contributed by atoms with Crippen molar-refractivity contribution < 1.29 is 4.79 Å². The van der Waals surface area contributed by atoms with Crippen LogP contribution in [0, 0.1) is 0 Å². The molecule has 2 nitrogen and oxygen atoms in total. The van der Waals surface area contributed by atoms with Gasteiger partial charge in [0.2, 0.25) is 5.91 Å². The smallest absolute Gasteiger partial charge is 0.224 e. The van der Waals surface area contributed by atoms with E-state index in [1.54, 1.807) is 0 Å². The summed E-state index contributed by atoms with van der Waals surface area (Å²) in [6.45, 7) is 4.38. The van der Waals surface area contributed by atoms with E-state index in [1.807, 2.05) is 12.1 Å². The van der Waals surface area contributed by atoms with Gasteiger partial charge in [-0.25, -0.2) is 0 Å². The number of likely N-dealkylation sites (tertiary alicyclic amines) is 1. The molecule has 0 spiro atoms. The van der Waals surface area contributed by atoms with Gasteiger partial charge in [-0.2, -0.15) is 0 Å². The number of nitrogens with zero attached hydrogens (tertiary/aromatic N) is 1. The molecule has 2 unspecified atom stereocenters. The zero-order chi connectivity index (χ0) is 16.9. The first-order valence-corrected chi connectivity index (χ1v) is 9.08. The molecule has 1 heterocycles. The summed E-state index contributed by atoms with van der Waals surface area (Å²) in [5.41, 5.74) is 2.43. The molecule has 0 aliphatic carbocycles. The fourth-order valence-electron chi connectivity index (χ4n) is 3.99. The number of piperidine rings is 1. The lowest BCUT2D eigenvalue weighted by molar-refractivity contribution is -0.137. The van der Waals surface area contributed by atoms with E-state index in [-0.39, 0.29) is 11.8 Å². The number of hydrogen-bond acceptors (Lipinski definition) is 1. The molecule has 0 radical (unpaired) electrons. The Morgan fingerprint density at radius 3 is 1.83 bits per heavy atom. The highest BCUT2D eigenvalue weighted by Crippen LogP contribution is 2.31. The van der Waals surface area contributed by atoms with Crippen molar-refractivity contribution in [3.05, 3.63) is 71.8 Å². The van der Waals surface area contributed by atoms with Gasteiger partial charge in [0.1, 0.15) is 0 Å². The van der Waals surface area contributed by atoms with Crippen molar-refractivity contribution in [2.45, 2.75) is 57.5 Å². The maximum Gasteiger partial charge on any atom is 0.224 e. The average molecular weight is 321 g/mol. The Hall–Kier alpha value is -2.09. The van der Waals surface area contributed by atoms with Gasteiger partial charge in [-0.1, -0.05) is 60.7 Å². The van der Waals surface area contributed by atoms with E-state index < -0.39 is 0 Å². The van der Waals surface area contributed by atoms with Crippen molar-refractivity contribution >= 4 is 5.91 Å². The summed E-state index contributed by atoms with van der Waals surface area (Å²) in [5.74, 6) is 0.411. The summed E-state index contributed by atoms with van der Waals surface area (Å²) in [6, 6.07) is 21.5. The fraction of sp³-hybridized carbons (Fsp3) is 0.409. The second kappa shape index (κ2) is 7.65. The van der Waals surface area contributed by atoms with Crippen LogP contribution >= 0.6 is 0 Å². The number of hydrogen-bond donors (Lipinski definition) is 0. The molecule has 2 heteroatoms. The maximum absolute atomic E-state index is 13.1. The van der Waals surface area contributed by atoms with Crippen molar-refractivity contribution in [2.24, 2.45) is 0 Å². The predicted octanol–water partition coefficient (Wildman–Crippen LogP) is 5.00. The van der Waals surface area contributed by atoms with Crippen molar-refractivity contribution in [1.82, 2.24) is 4.90 Å². The maximum atomic E-state index is 13.1. The zero-order valence-corrected chi connectivity index (χ0v) is 14.7. The summed E-state index contributed by atoms with van der Waals surface area (Å²) in [4.78, 5) is 15.2. The molecule has 0 aromatic heterocycles. The Morgan fingerprint density at radius 1 is 0.917 bits per heavy atom. The minimum atomic E-state index is 0.126. The molecular weight excluding hydrogens is 294 g/mol. The lowest BCUT2D eigenvalue weighted by Gasteiger charge is -2.40. The lowest BCUT2D eigenvalue weighted by atomic mass is 9.87. The summed E-state index contributed by atoms with van der Waals surface area (Å²) in [7, 11) is 0. The third-order valence-corrected chi connectivity index (χ3v) is 5.26. The molecule has 3 rings (SSSR count). The highest BCUT2D eigenvalue weighted by Gasteiger charge is 2.30. The third kappa shape index (κ3) is 3.69. The minimum Gasteiger partial charge on any atom is -0.337 e. The molecule has 0 N–H and O–H groups in total. The summed E-state index contributed by atoms with van der Waals surface area (Å²) >= 11 is 0. The van der Waals surface area contributed by atoms with E-state index >= 15 is 0 Å². The first-order chi connectivity index (χ1) is 11.7. The van der Waals surface area contributed by atoms with Gasteiger partial charge in [0.15, 0.2) is 0 Å². The SMILES string of the molecule is CC1CCCC(C)N1C(=O)CC(c1ccccc1)c1ccccc1. The van der Waals surface area contributed by atoms with Crippen LogP contribution in [-0.2, 0) is 4.79 Å². The van der Waals surface area contributed by atoms with Gasteiger partial charge in [-0.05, 0) is 44.2 Å². The summed E-state index contributed by atoms with van der Waals surface area (Å²) in [5, 5.41) is 0. The predicted molar refractivity (Wildman–Crippen MR) is 99.0 cm³/mol. The Balaban J connectivity index is 1.85. The molecule has 0 bridgehead atoms. The monoisotopic (exact) mass is 321 g/mol. The Morgan fingerprint density at radius 2 is 1.38 bits per heavy atom. The molecule has 2 atom stereocenters. The van der Waals surface area contributed by atoms with Crippen LogP contribution in [0.15, 0.2) is 60.7 Å². The number of carbonyl (C=O) groups is 1. The van der Waals surface area contributed by atoms with Crippen LogP contribution in [0.3, 0.4) is 0 Å². The van der Waals surface area contributed by atoms with E-state index in [0.29, 0.717) is 18.5 Å². The number of carbonyl (C=O) groups excluding carboxylic acids is 1. The van der Waals surface area contributed by atoms with Gasteiger partial charge in [0, 0.05) is 24.4 Å². The quantitative estimate of drug-likeness (QED) is 0.776. The largest absolute Gasteiger partial charge is 0.337 e. The van der Waals surface area contributed by atoms with Gasteiger partial charge in [-0.3, -0.25) is 4.79 Å². The Bertz CT molecular complexity index is 603. The molecule has 126 valence electrons. The van der Waals surface area contributed by atoms with E-state index in [0.717, 1.165) is 12.8 Å². The molecule has 1 aliphatic rings. The van der Waals surface area contributed by atoms with Crippen molar-refractivity contribution in [3.63, 3.8) is 0 Å². The van der Waals surface area contributed by atoms with Gasteiger partial charge in [-0.15, -0.1) is 0 Å². The van der Waals surface area contributed by atoms with E-state index in [2.05, 4.69) is 67.3 Å². The van der Waals surface area contributed by atoms with Crippen molar-refractivity contribution in [3.8, 4) is 0 Å². The first kappa shape index (κ1) is 16.8. The highest BCUT2D eigenvalue weighted by atomic mass is 16.2. The normalized spacial score (nSPS) is 21.0. The van der Waals surface area contributed by atoms with E-state index in [1.165, 1.54) is 17.5 Å². The van der Waals surface area contributed by atoms with Crippen LogP contribution in [0.1, 0.15) is 56.6 Å². The van der Waals surface area contributed by atoms with Crippen molar-refractivity contribution in [1.29, 1.82) is 0 Å². The number of rotatable bonds is 4. The number of benzene rings is 2. The van der Waals surface area contributed by atoms with E-state index in [4.69, 9.17) is 0 Å². The average Bonchev–Trinajstić information content (AvgIpc) is 2.61. The second-order valence-corrected chi connectivity index (χ2v) is 7.01. The second-order valence-electron chi connectivity index (χ2n) is 7.01. The molecule has 0 saturated carbocycles. The van der Waals surface area contributed by atoms with Gasteiger partial charge >= 0.3 is 0 Å². The standard InChI is InChI=1S/C22H27NO/c1-17-10-9-11-18(2)23(17)22(24)16-21(19-12-5-3-6-13-19)20-14-7-4-8-15-20/h3-8,12-15,17-18,21H,9-11,16H2,1-2H3. The topological polar surface area (TPSA) is 20.3 Å². The zero-order valence-electron chi connectivity index (χ0n) is 14.7. The van der Waals surface area contributed by atoms with Crippen LogP contribution in [0.25, 0.3) is 0 Å². The van der Waals surface area contributed by atoms with E-state index in [9.17, 15) is 4.79 Å². The highest BCUT2D eigenvalue weighted by molar-refractivity contribution is 5.78. The first-order valence-electron chi connectivity index (χ1n) is 9.08. The molecule has 24 heavy (non-hydrogen) atoms. The van der Waals surface area contributed by atoms with Crippen LogP contribution in [0.4, 0.5) is 0 Å². The Kier molecular flexibility index (Phi) is 5.34. The van der Waals surface area contributed by atoms with Crippen molar-refractivity contribution in [2.75, 3.05) is 0 Å². The van der Waals surface area contributed by atoms with Gasteiger partial charge < -0.3 is 4.90 Å². The molecule has 1 amide bonds. The molecular formula is C22H27NO. The number of amides is 1. The van der Waals surface area contributed by atoms with Crippen LogP contribution < -0.4 is 0 Å². The fourth-order valence-corrected chi connectivity index (χ4v) is 3.99. The molecule has 2 aromatic carbocycles. The summed E-state index contributed by atoms with van der Waals surface area (Å²) in [6.07, 6.45) is 4.02. The third-order valence-electron chi connectivity index (χ3n) is 5.26. The molecule has 1 fully saturated rings. The van der Waals surface area contributed by atoms with Crippen LogP contribution in [-0.4, -0.2) is 22.9 Å². The molecule has 2 aromatic rings. The molecule has 1 aliphatic heterocycles. The van der Waals surface area contributed by atoms with Crippen LogP contribution in [0.5, 0.6) is 0 Å². The summed E-state index contributed by atoms with van der Waals surface area (Å²) < 4.78 is 0. The van der Waals surface area contributed by atoms with Gasteiger partial charge in [0.25, 0.3) is 0 Å². The van der Waals surface area contributed by atoms with Gasteiger partial charge in [0.05, 0.1) is 0 Å². The van der Waals surface area contributed by atoms with Crippen LogP contribution in [0.2, 0.25) is 0 Å². The lowest BCUT2D eigenvalue weighted by Crippen LogP contribution is -2.47.